The number of hydrogen-bond acceptors (Lipinski definition) is 3. The Morgan fingerprint density at radius 1 is 0.857 bits per heavy atom. The van der Waals surface area contributed by atoms with Crippen LogP contribution in [0.5, 0.6) is 11.5 Å². The van der Waals surface area contributed by atoms with Crippen LogP contribution in [-0.2, 0) is 12.8 Å². The molecule has 3 nitrogen and oxygen atoms in total. The molecule has 0 N–H and O–H groups in total. The Kier molecular flexibility index (Phi) is 2.96. The summed E-state index contributed by atoms with van der Waals surface area (Å²) in [6.07, 6.45) is 1.94. The van der Waals surface area contributed by atoms with Gasteiger partial charge >= 0.3 is 0 Å². The molecule has 21 heavy (non-hydrogen) atoms. The zero-order valence-corrected chi connectivity index (χ0v) is 11.6. The minimum Gasteiger partial charge on any atom is -0.454 e. The van der Waals surface area contributed by atoms with Crippen LogP contribution in [0.15, 0.2) is 54.6 Å². The van der Waals surface area contributed by atoms with Gasteiger partial charge in [-0.3, -0.25) is 4.98 Å². The maximum atomic E-state index is 5.41. The van der Waals surface area contributed by atoms with Gasteiger partial charge in [0, 0.05) is 17.1 Å². The number of hydrogen-bond donors (Lipinski definition) is 0. The average Bonchev–Trinajstić information content (AvgIpc) is 2.98. The van der Waals surface area contributed by atoms with E-state index in [4.69, 9.17) is 14.5 Å². The van der Waals surface area contributed by atoms with E-state index in [2.05, 4.69) is 36.4 Å². The first-order valence-corrected chi connectivity index (χ1v) is 7.12. The van der Waals surface area contributed by atoms with Crippen LogP contribution in [0.3, 0.4) is 0 Å². The smallest absolute Gasteiger partial charge is 0.231 e. The van der Waals surface area contributed by atoms with Crippen molar-refractivity contribution >= 4 is 10.9 Å². The molecule has 3 aromatic rings. The van der Waals surface area contributed by atoms with Crippen molar-refractivity contribution in [3.05, 3.63) is 65.9 Å². The number of aromatic nitrogens is 1. The van der Waals surface area contributed by atoms with Gasteiger partial charge in [-0.15, -0.1) is 0 Å². The van der Waals surface area contributed by atoms with Gasteiger partial charge in [0.05, 0.1) is 5.52 Å². The van der Waals surface area contributed by atoms with Crippen molar-refractivity contribution in [1.29, 1.82) is 0 Å². The molecule has 0 fully saturated rings. The Hall–Kier alpha value is -2.55. The predicted molar refractivity (Wildman–Crippen MR) is 81.7 cm³/mol. The highest BCUT2D eigenvalue weighted by molar-refractivity contribution is 5.83. The predicted octanol–water partition coefficient (Wildman–Crippen LogP) is 3.75. The molecule has 1 aliphatic rings. The highest BCUT2D eigenvalue weighted by atomic mass is 16.7. The van der Waals surface area contributed by atoms with E-state index in [0.717, 1.165) is 40.9 Å². The fraction of sp³-hybridized carbons (Fsp3) is 0.167. The van der Waals surface area contributed by atoms with E-state index in [-0.39, 0.29) is 0 Å². The minimum atomic E-state index is 0.298. The summed E-state index contributed by atoms with van der Waals surface area (Å²) in [7, 11) is 0. The minimum absolute atomic E-state index is 0.298. The van der Waals surface area contributed by atoms with Crippen molar-refractivity contribution < 1.29 is 9.47 Å². The van der Waals surface area contributed by atoms with Crippen molar-refractivity contribution in [3.8, 4) is 11.5 Å². The number of aryl methyl sites for hydroxylation is 2. The molecular formula is C18H15NO2. The van der Waals surface area contributed by atoms with Gasteiger partial charge in [0.15, 0.2) is 11.5 Å². The summed E-state index contributed by atoms with van der Waals surface area (Å²) < 4.78 is 10.8. The fourth-order valence-electron chi connectivity index (χ4n) is 2.61. The van der Waals surface area contributed by atoms with Crippen LogP contribution in [0.4, 0.5) is 0 Å². The second kappa shape index (κ2) is 5.09. The van der Waals surface area contributed by atoms with Crippen LogP contribution in [0.1, 0.15) is 11.3 Å². The van der Waals surface area contributed by atoms with Crippen LogP contribution in [0.25, 0.3) is 10.9 Å². The molecule has 0 saturated carbocycles. The van der Waals surface area contributed by atoms with Crippen LogP contribution in [-0.4, -0.2) is 11.8 Å². The monoisotopic (exact) mass is 277 g/mol. The maximum absolute atomic E-state index is 5.41. The van der Waals surface area contributed by atoms with E-state index in [0.29, 0.717) is 6.79 Å². The molecule has 2 aromatic carbocycles. The number of fused-ring (bicyclic) bond motifs is 2. The molecule has 1 aromatic heterocycles. The lowest BCUT2D eigenvalue weighted by molar-refractivity contribution is 0.174. The summed E-state index contributed by atoms with van der Waals surface area (Å²) in [6.45, 7) is 0.298. The summed E-state index contributed by atoms with van der Waals surface area (Å²) in [5, 5.41) is 1.09. The summed E-state index contributed by atoms with van der Waals surface area (Å²) >= 11 is 0. The molecule has 0 amide bonds. The molecule has 0 spiro atoms. The fourth-order valence-corrected chi connectivity index (χ4v) is 2.61. The largest absolute Gasteiger partial charge is 0.454 e. The molecule has 3 heteroatoms. The molecule has 0 saturated heterocycles. The summed E-state index contributed by atoms with van der Waals surface area (Å²) in [5.41, 5.74) is 3.40. The van der Waals surface area contributed by atoms with E-state index in [9.17, 15) is 0 Å². The van der Waals surface area contributed by atoms with E-state index >= 15 is 0 Å². The van der Waals surface area contributed by atoms with E-state index < -0.39 is 0 Å². The average molecular weight is 277 g/mol. The zero-order chi connectivity index (χ0) is 14.1. The molecule has 104 valence electrons. The van der Waals surface area contributed by atoms with Crippen molar-refractivity contribution in [2.45, 2.75) is 12.8 Å². The summed E-state index contributed by atoms with van der Waals surface area (Å²) in [5.74, 6) is 1.59. The first-order valence-electron chi connectivity index (χ1n) is 7.12. The Morgan fingerprint density at radius 3 is 2.52 bits per heavy atom. The number of pyridine rings is 1. The van der Waals surface area contributed by atoms with E-state index in [1.807, 2.05) is 18.2 Å². The van der Waals surface area contributed by atoms with Crippen molar-refractivity contribution in [3.63, 3.8) is 0 Å². The highest BCUT2D eigenvalue weighted by Gasteiger charge is 2.14. The van der Waals surface area contributed by atoms with Gasteiger partial charge < -0.3 is 9.47 Å². The van der Waals surface area contributed by atoms with Crippen molar-refractivity contribution in [1.82, 2.24) is 4.98 Å². The van der Waals surface area contributed by atoms with Gasteiger partial charge in [0.25, 0.3) is 0 Å². The molecule has 0 unspecified atom stereocenters. The standard InChI is InChI=1S/C18H15NO2/c1-2-4-13(5-3-1)6-8-15-9-7-14-10-17-18(21-12-20-17)11-16(14)19-15/h1-5,7,9-11H,6,8,12H2. The molecule has 2 heterocycles. The number of ether oxygens (including phenoxy) is 2. The lowest BCUT2D eigenvalue weighted by Crippen LogP contribution is -1.94. The molecule has 0 bridgehead atoms. The second-order valence-corrected chi connectivity index (χ2v) is 5.19. The van der Waals surface area contributed by atoms with Gasteiger partial charge in [-0.2, -0.15) is 0 Å². The first kappa shape index (κ1) is 12.2. The van der Waals surface area contributed by atoms with Crippen LogP contribution in [0.2, 0.25) is 0 Å². The Morgan fingerprint density at radius 2 is 1.67 bits per heavy atom. The van der Waals surface area contributed by atoms with Crippen LogP contribution in [0, 0.1) is 0 Å². The Bertz CT molecular complexity index is 784. The molecular weight excluding hydrogens is 262 g/mol. The maximum Gasteiger partial charge on any atom is 0.231 e. The number of benzene rings is 2. The normalized spacial score (nSPS) is 12.8. The lowest BCUT2D eigenvalue weighted by Gasteiger charge is -2.05. The number of rotatable bonds is 3. The van der Waals surface area contributed by atoms with Gasteiger partial charge in [0.2, 0.25) is 6.79 Å². The third-order valence-electron chi connectivity index (χ3n) is 3.75. The Labute approximate surface area is 123 Å². The first-order chi connectivity index (χ1) is 10.4. The topological polar surface area (TPSA) is 31.4 Å². The van der Waals surface area contributed by atoms with Gasteiger partial charge in [0.1, 0.15) is 0 Å². The SMILES string of the molecule is c1ccc(CCc2ccc3cc4c(cc3n2)OCO4)cc1. The Balaban J connectivity index is 1.60. The van der Waals surface area contributed by atoms with Crippen molar-refractivity contribution in [2.24, 2.45) is 0 Å². The molecule has 0 aliphatic carbocycles. The quantitative estimate of drug-likeness (QED) is 0.730. The summed E-state index contributed by atoms with van der Waals surface area (Å²) in [4.78, 5) is 4.73. The number of nitrogens with zero attached hydrogens (tertiary/aromatic N) is 1. The van der Waals surface area contributed by atoms with E-state index in [1.54, 1.807) is 0 Å². The van der Waals surface area contributed by atoms with Crippen LogP contribution < -0.4 is 9.47 Å². The van der Waals surface area contributed by atoms with Crippen molar-refractivity contribution in [2.75, 3.05) is 6.79 Å². The van der Waals surface area contributed by atoms with Gasteiger partial charge in [-0.05, 0) is 30.5 Å². The third kappa shape index (κ3) is 2.42. The van der Waals surface area contributed by atoms with E-state index in [1.165, 1.54) is 5.56 Å². The second-order valence-electron chi connectivity index (χ2n) is 5.19. The lowest BCUT2D eigenvalue weighted by atomic mass is 10.1. The van der Waals surface area contributed by atoms with Gasteiger partial charge in [-0.25, -0.2) is 0 Å². The summed E-state index contributed by atoms with van der Waals surface area (Å²) in [6, 6.07) is 18.6. The zero-order valence-electron chi connectivity index (χ0n) is 11.6. The highest BCUT2D eigenvalue weighted by Crippen LogP contribution is 2.35. The van der Waals surface area contributed by atoms with Crippen LogP contribution >= 0.6 is 0 Å². The van der Waals surface area contributed by atoms with Gasteiger partial charge in [-0.1, -0.05) is 36.4 Å². The molecule has 4 rings (SSSR count). The molecule has 0 atom stereocenters. The molecule has 1 aliphatic heterocycles. The third-order valence-corrected chi connectivity index (χ3v) is 3.75. The molecule has 0 radical (unpaired) electrons.